The zero-order valence-corrected chi connectivity index (χ0v) is 13.5. The van der Waals surface area contributed by atoms with Crippen LogP contribution in [0, 0.1) is 28.7 Å². The van der Waals surface area contributed by atoms with E-state index in [2.05, 4.69) is 5.32 Å². The molecular weight excluding hydrogens is 338 g/mol. The molecule has 24 heavy (non-hydrogen) atoms. The molecule has 0 fully saturated rings. The second-order valence-corrected chi connectivity index (χ2v) is 6.10. The summed E-state index contributed by atoms with van der Waals surface area (Å²) in [6, 6.07) is 7.99. The van der Waals surface area contributed by atoms with Gasteiger partial charge in [-0.2, -0.15) is 0 Å². The molecule has 1 N–H and O–H groups in total. The Morgan fingerprint density at radius 2 is 2.00 bits per heavy atom. The van der Waals surface area contributed by atoms with Crippen LogP contribution >= 0.6 is 11.8 Å². The fraction of sp³-hybridized carbons (Fsp3) is 0.188. The highest BCUT2D eigenvalue weighted by atomic mass is 32.2. The van der Waals surface area contributed by atoms with Gasteiger partial charge in [-0.05, 0) is 31.2 Å². The number of thioether (sulfide) groups is 1. The lowest BCUT2D eigenvalue weighted by Gasteiger charge is -2.08. The van der Waals surface area contributed by atoms with Gasteiger partial charge in [-0.1, -0.05) is 6.07 Å². The number of nitrogens with one attached hydrogen (secondary N) is 1. The van der Waals surface area contributed by atoms with Gasteiger partial charge in [0.15, 0.2) is 11.6 Å². The molecule has 2 aromatic rings. The molecule has 8 heteroatoms. The summed E-state index contributed by atoms with van der Waals surface area (Å²) in [7, 11) is 0. The lowest BCUT2D eigenvalue weighted by atomic mass is 10.1. The predicted octanol–water partition coefficient (Wildman–Crippen LogP) is 4.30. The summed E-state index contributed by atoms with van der Waals surface area (Å²) in [6.45, 7) is 1.56. The molecule has 1 amide bonds. The normalized spacial score (nSPS) is 10.5. The van der Waals surface area contributed by atoms with Crippen molar-refractivity contribution in [2.75, 3.05) is 11.1 Å². The van der Waals surface area contributed by atoms with E-state index in [-0.39, 0.29) is 18.0 Å². The SMILES string of the molecule is Cc1c(NC(=O)CCSc2ccc(F)c(F)c2)cccc1[N+](=O)[O-]. The topological polar surface area (TPSA) is 72.2 Å². The lowest BCUT2D eigenvalue weighted by molar-refractivity contribution is -0.385. The lowest BCUT2D eigenvalue weighted by Crippen LogP contribution is -2.13. The molecular formula is C16H14F2N2O3S. The molecule has 2 rings (SSSR count). The van der Waals surface area contributed by atoms with E-state index in [1.807, 2.05) is 0 Å². The van der Waals surface area contributed by atoms with Gasteiger partial charge in [0.2, 0.25) is 5.91 Å². The number of hydrogen-bond donors (Lipinski definition) is 1. The Kier molecular flexibility index (Phi) is 5.86. The molecule has 0 heterocycles. The maximum absolute atomic E-state index is 13.1. The van der Waals surface area contributed by atoms with Crippen molar-refractivity contribution in [1.82, 2.24) is 0 Å². The third-order valence-corrected chi connectivity index (χ3v) is 4.26. The van der Waals surface area contributed by atoms with E-state index in [4.69, 9.17) is 0 Å². The highest BCUT2D eigenvalue weighted by Crippen LogP contribution is 2.25. The van der Waals surface area contributed by atoms with Gasteiger partial charge in [-0.3, -0.25) is 14.9 Å². The minimum atomic E-state index is -0.934. The maximum Gasteiger partial charge on any atom is 0.274 e. The third-order valence-electron chi connectivity index (χ3n) is 3.26. The first-order chi connectivity index (χ1) is 11.4. The minimum Gasteiger partial charge on any atom is -0.326 e. The van der Waals surface area contributed by atoms with Crippen molar-refractivity contribution < 1.29 is 18.5 Å². The maximum atomic E-state index is 13.1. The summed E-state index contributed by atoms with van der Waals surface area (Å²) in [5, 5.41) is 13.5. The van der Waals surface area contributed by atoms with E-state index in [0.29, 0.717) is 21.9 Å². The number of carbonyl (C=O) groups is 1. The van der Waals surface area contributed by atoms with E-state index in [0.717, 1.165) is 12.1 Å². The van der Waals surface area contributed by atoms with Crippen LogP contribution in [0.15, 0.2) is 41.3 Å². The van der Waals surface area contributed by atoms with Crippen LogP contribution in [-0.2, 0) is 4.79 Å². The van der Waals surface area contributed by atoms with Crippen LogP contribution in [0.3, 0.4) is 0 Å². The van der Waals surface area contributed by atoms with Crippen LogP contribution in [0.25, 0.3) is 0 Å². The molecule has 5 nitrogen and oxygen atoms in total. The van der Waals surface area contributed by atoms with Gasteiger partial charge < -0.3 is 5.32 Å². The minimum absolute atomic E-state index is 0.0658. The van der Waals surface area contributed by atoms with Crippen molar-refractivity contribution in [3.63, 3.8) is 0 Å². The zero-order chi connectivity index (χ0) is 17.7. The summed E-state index contributed by atoms with van der Waals surface area (Å²) in [5.74, 6) is -1.80. The van der Waals surface area contributed by atoms with E-state index >= 15 is 0 Å². The van der Waals surface area contributed by atoms with Gasteiger partial charge in [-0.15, -0.1) is 11.8 Å². The molecule has 2 aromatic carbocycles. The first-order valence-corrected chi connectivity index (χ1v) is 7.98. The second-order valence-electron chi connectivity index (χ2n) is 4.93. The highest BCUT2D eigenvalue weighted by Gasteiger charge is 2.14. The fourth-order valence-corrected chi connectivity index (χ4v) is 2.87. The number of nitrogens with zero attached hydrogens (tertiary/aromatic N) is 1. The first-order valence-electron chi connectivity index (χ1n) is 7.00. The quantitative estimate of drug-likeness (QED) is 0.478. The standard InChI is InChI=1S/C16H14F2N2O3S/c1-10-14(3-2-4-15(10)20(22)23)19-16(21)7-8-24-11-5-6-12(17)13(18)9-11/h2-6,9H,7-8H2,1H3,(H,19,21). The number of benzene rings is 2. The number of carbonyl (C=O) groups excluding carboxylic acids is 1. The Labute approximate surface area is 141 Å². The van der Waals surface area contributed by atoms with Crippen molar-refractivity contribution in [1.29, 1.82) is 0 Å². The highest BCUT2D eigenvalue weighted by molar-refractivity contribution is 7.99. The van der Waals surface area contributed by atoms with E-state index in [1.165, 1.54) is 30.0 Å². The molecule has 0 spiro atoms. The third kappa shape index (κ3) is 4.51. The number of hydrogen-bond acceptors (Lipinski definition) is 4. The van der Waals surface area contributed by atoms with Gasteiger partial charge in [0, 0.05) is 23.1 Å². The number of nitro benzene ring substituents is 1. The number of amides is 1. The fourth-order valence-electron chi connectivity index (χ4n) is 2.00. The van der Waals surface area contributed by atoms with Crippen molar-refractivity contribution >= 4 is 29.0 Å². The molecule has 0 saturated heterocycles. The van der Waals surface area contributed by atoms with Crippen molar-refractivity contribution in [3.05, 3.63) is 63.7 Å². The zero-order valence-electron chi connectivity index (χ0n) is 12.7. The molecule has 0 atom stereocenters. The van der Waals surface area contributed by atoms with E-state index in [9.17, 15) is 23.7 Å². The molecule has 126 valence electrons. The van der Waals surface area contributed by atoms with Crippen molar-refractivity contribution in [2.45, 2.75) is 18.2 Å². The van der Waals surface area contributed by atoms with Crippen molar-refractivity contribution in [3.8, 4) is 0 Å². The summed E-state index contributed by atoms with van der Waals surface area (Å²) >= 11 is 1.22. The smallest absolute Gasteiger partial charge is 0.274 e. The van der Waals surface area contributed by atoms with Gasteiger partial charge >= 0.3 is 0 Å². The summed E-state index contributed by atoms with van der Waals surface area (Å²) in [6.07, 6.45) is 0.131. The van der Waals surface area contributed by atoms with Gasteiger partial charge in [0.1, 0.15) is 0 Å². The van der Waals surface area contributed by atoms with Crippen LogP contribution < -0.4 is 5.32 Å². The largest absolute Gasteiger partial charge is 0.326 e. The number of rotatable bonds is 6. The Balaban J connectivity index is 1.91. The van der Waals surface area contributed by atoms with Gasteiger partial charge in [0.25, 0.3) is 5.69 Å². The Morgan fingerprint density at radius 1 is 1.25 bits per heavy atom. The van der Waals surface area contributed by atoms with E-state index < -0.39 is 16.6 Å². The summed E-state index contributed by atoms with van der Waals surface area (Å²) in [4.78, 5) is 22.8. The van der Waals surface area contributed by atoms with Crippen LogP contribution in [0.2, 0.25) is 0 Å². The van der Waals surface area contributed by atoms with Crippen molar-refractivity contribution in [2.24, 2.45) is 0 Å². The van der Waals surface area contributed by atoms with Crippen LogP contribution in [0.5, 0.6) is 0 Å². The van der Waals surface area contributed by atoms with Crippen LogP contribution in [-0.4, -0.2) is 16.6 Å². The molecule has 0 unspecified atom stereocenters. The van der Waals surface area contributed by atoms with Crippen LogP contribution in [0.4, 0.5) is 20.2 Å². The summed E-state index contributed by atoms with van der Waals surface area (Å²) < 4.78 is 25.9. The Morgan fingerprint density at radius 3 is 2.67 bits per heavy atom. The average molecular weight is 352 g/mol. The molecule has 0 aromatic heterocycles. The molecule has 0 aliphatic rings. The molecule has 0 aliphatic heterocycles. The van der Waals surface area contributed by atoms with Gasteiger partial charge in [-0.25, -0.2) is 8.78 Å². The molecule has 0 radical (unpaired) electrons. The van der Waals surface area contributed by atoms with E-state index in [1.54, 1.807) is 13.0 Å². The first kappa shape index (κ1) is 17.9. The molecule has 0 aliphatic carbocycles. The van der Waals surface area contributed by atoms with Gasteiger partial charge in [0.05, 0.1) is 16.2 Å². The summed E-state index contributed by atoms with van der Waals surface area (Å²) in [5.41, 5.74) is 0.695. The van der Waals surface area contributed by atoms with Crippen LogP contribution in [0.1, 0.15) is 12.0 Å². The monoisotopic (exact) mass is 352 g/mol. The second kappa shape index (κ2) is 7.87. The predicted molar refractivity (Wildman–Crippen MR) is 88.2 cm³/mol. The Hall–Kier alpha value is -2.48. The molecule has 0 saturated carbocycles. The number of anilines is 1. The molecule has 0 bridgehead atoms. The Bertz CT molecular complexity index is 784. The number of halogens is 2. The number of nitro groups is 1. The average Bonchev–Trinajstić information content (AvgIpc) is 2.52.